The van der Waals surface area contributed by atoms with Gasteiger partial charge < -0.3 is 24.6 Å². The number of carbonyl (C=O) groups is 2. The lowest BCUT2D eigenvalue weighted by molar-refractivity contribution is -0.141. The Morgan fingerprint density at radius 1 is 0.878 bits per heavy atom. The molecule has 0 aromatic heterocycles. The van der Waals surface area contributed by atoms with E-state index in [4.69, 9.17) is 14.2 Å². The second kappa shape index (κ2) is 15.3. The van der Waals surface area contributed by atoms with E-state index in [0.29, 0.717) is 34.3 Å². The Kier molecular flexibility index (Phi) is 11.9. The molecule has 0 saturated carbocycles. The first-order valence-corrected chi connectivity index (χ1v) is 15.3. The van der Waals surface area contributed by atoms with Gasteiger partial charge in [0, 0.05) is 18.4 Å². The van der Waals surface area contributed by atoms with Crippen molar-refractivity contribution >= 4 is 33.7 Å². The largest absolute Gasteiger partial charge is 0.497 e. The predicted octanol–water partition coefficient (Wildman–Crippen LogP) is 3.80. The minimum absolute atomic E-state index is 0.00256. The molecule has 0 aliphatic rings. The molecule has 220 valence electrons. The molecular formula is C29H34N2O8S2. The SMILES string of the molecule is COc1ccc(S(=O)(=O)N(CC(=O)NCc2cc(OC)cc(OC)c2)C(CCSCc2ccccc2)C(=O)O)cc1. The smallest absolute Gasteiger partial charge is 0.322 e. The zero-order valence-corrected chi connectivity index (χ0v) is 24.7. The molecule has 3 aromatic carbocycles. The van der Waals surface area contributed by atoms with Crippen LogP contribution in [0.1, 0.15) is 17.5 Å². The van der Waals surface area contributed by atoms with Gasteiger partial charge in [-0.3, -0.25) is 9.59 Å². The molecule has 41 heavy (non-hydrogen) atoms. The Morgan fingerprint density at radius 3 is 2.05 bits per heavy atom. The number of carboxylic acid groups (broad SMARTS) is 1. The van der Waals surface area contributed by atoms with Crippen molar-refractivity contribution in [2.75, 3.05) is 33.6 Å². The number of rotatable bonds is 16. The van der Waals surface area contributed by atoms with Crippen molar-refractivity contribution in [2.24, 2.45) is 0 Å². The summed E-state index contributed by atoms with van der Waals surface area (Å²) in [5.74, 6) is 0.496. The predicted molar refractivity (Wildman–Crippen MR) is 157 cm³/mol. The van der Waals surface area contributed by atoms with Crippen molar-refractivity contribution in [2.45, 2.75) is 29.7 Å². The Labute approximate surface area is 244 Å². The van der Waals surface area contributed by atoms with Crippen molar-refractivity contribution < 1.29 is 37.3 Å². The van der Waals surface area contributed by atoms with Crippen molar-refractivity contribution in [3.8, 4) is 17.2 Å². The molecule has 0 spiro atoms. The first kappa shape index (κ1) is 31.8. The molecule has 0 bridgehead atoms. The Balaban J connectivity index is 1.80. The Morgan fingerprint density at radius 2 is 1.49 bits per heavy atom. The van der Waals surface area contributed by atoms with Crippen molar-refractivity contribution in [3.63, 3.8) is 0 Å². The normalized spacial score (nSPS) is 12.0. The van der Waals surface area contributed by atoms with Gasteiger partial charge in [0.2, 0.25) is 15.9 Å². The van der Waals surface area contributed by atoms with E-state index in [9.17, 15) is 23.1 Å². The number of sulfonamides is 1. The first-order valence-electron chi connectivity index (χ1n) is 12.7. The lowest BCUT2D eigenvalue weighted by Gasteiger charge is -2.28. The summed E-state index contributed by atoms with van der Waals surface area (Å²) in [4.78, 5) is 25.3. The van der Waals surface area contributed by atoms with Crippen LogP contribution in [0.5, 0.6) is 17.2 Å². The fourth-order valence-corrected chi connectivity index (χ4v) is 6.49. The lowest BCUT2D eigenvalue weighted by Crippen LogP contribution is -2.49. The molecule has 10 nitrogen and oxygen atoms in total. The van der Waals surface area contributed by atoms with Gasteiger partial charge in [0.25, 0.3) is 0 Å². The highest BCUT2D eigenvalue weighted by Gasteiger charge is 2.37. The van der Waals surface area contributed by atoms with Crippen LogP contribution in [0.25, 0.3) is 0 Å². The monoisotopic (exact) mass is 602 g/mol. The fourth-order valence-electron chi connectivity index (χ4n) is 3.96. The minimum Gasteiger partial charge on any atom is -0.497 e. The third-order valence-electron chi connectivity index (χ3n) is 6.15. The molecule has 0 aliphatic heterocycles. The molecule has 0 aliphatic carbocycles. The maximum atomic E-state index is 13.7. The molecule has 0 saturated heterocycles. The average Bonchev–Trinajstić information content (AvgIpc) is 2.99. The van der Waals surface area contributed by atoms with Crippen molar-refractivity contribution in [3.05, 3.63) is 83.9 Å². The third-order valence-corrected chi connectivity index (χ3v) is 9.08. The van der Waals surface area contributed by atoms with Gasteiger partial charge in [-0.25, -0.2) is 8.42 Å². The summed E-state index contributed by atoms with van der Waals surface area (Å²) >= 11 is 1.49. The number of benzene rings is 3. The number of thioether (sulfide) groups is 1. The molecule has 2 N–H and O–H groups in total. The highest BCUT2D eigenvalue weighted by molar-refractivity contribution is 7.98. The van der Waals surface area contributed by atoms with E-state index in [1.807, 2.05) is 30.3 Å². The molecule has 3 aromatic rings. The van der Waals surface area contributed by atoms with Crippen LogP contribution in [-0.4, -0.2) is 69.4 Å². The van der Waals surface area contributed by atoms with Gasteiger partial charge in [-0.1, -0.05) is 30.3 Å². The van der Waals surface area contributed by atoms with Crippen LogP contribution in [0.2, 0.25) is 0 Å². The summed E-state index contributed by atoms with van der Waals surface area (Å²) in [7, 11) is 0.0843. The number of methoxy groups -OCH3 is 3. The third kappa shape index (κ3) is 9.13. The number of hydrogen-bond donors (Lipinski definition) is 2. The van der Waals surface area contributed by atoms with Crippen LogP contribution in [0.15, 0.2) is 77.7 Å². The van der Waals surface area contributed by atoms with Crippen LogP contribution >= 0.6 is 11.8 Å². The van der Waals surface area contributed by atoms with E-state index in [2.05, 4.69) is 5.32 Å². The van der Waals surface area contributed by atoms with Crippen LogP contribution in [0, 0.1) is 0 Å². The van der Waals surface area contributed by atoms with Crippen LogP contribution in [0.4, 0.5) is 0 Å². The molecular weight excluding hydrogens is 568 g/mol. The number of carbonyl (C=O) groups excluding carboxylic acids is 1. The fraction of sp³-hybridized carbons (Fsp3) is 0.310. The zero-order valence-electron chi connectivity index (χ0n) is 23.1. The number of amides is 1. The van der Waals surface area contributed by atoms with Gasteiger partial charge in [-0.15, -0.1) is 0 Å². The maximum absolute atomic E-state index is 13.7. The summed E-state index contributed by atoms with van der Waals surface area (Å²) in [5, 5.41) is 12.8. The van der Waals surface area contributed by atoms with E-state index in [0.717, 1.165) is 9.87 Å². The second-order valence-electron chi connectivity index (χ2n) is 8.90. The number of carboxylic acids is 1. The van der Waals surface area contributed by atoms with E-state index in [1.54, 1.807) is 18.2 Å². The molecule has 0 radical (unpaired) electrons. The van der Waals surface area contributed by atoms with Gasteiger partial charge in [0.15, 0.2) is 0 Å². The quantitative estimate of drug-likeness (QED) is 0.235. The summed E-state index contributed by atoms with van der Waals surface area (Å²) in [6.07, 6.45) is 0.00256. The summed E-state index contributed by atoms with van der Waals surface area (Å²) in [6.45, 7) is -0.636. The van der Waals surface area contributed by atoms with Gasteiger partial charge >= 0.3 is 5.97 Å². The molecule has 12 heteroatoms. The summed E-state index contributed by atoms with van der Waals surface area (Å²) < 4.78 is 43.8. The Hall–Kier alpha value is -3.74. The molecule has 1 atom stereocenters. The van der Waals surface area contributed by atoms with E-state index in [1.165, 1.54) is 57.4 Å². The number of nitrogens with one attached hydrogen (secondary N) is 1. The standard InChI is InChI=1S/C29H34N2O8S2/c1-37-23-9-11-26(12-10-23)41(35,36)31(27(29(33)34)13-14-40-20-21-7-5-4-6-8-21)19-28(32)30-18-22-15-24(38-2)17-25(16-22)39-3/h4-12,15-17,27H,13-14,18-20H2,1-3H3,(H,30,32)(H,33,34). The lowest BCUT2D eigenvalue weighted by atomic mass is 10.2. The molecule has 0 fully saturated rings. The van der Waals surface area contributed by atoms with Gasteiger partial charge in [0.1, 0.15) is 23.3 Å². The van der Waals surface area contributed by atoms with Gasteiger partial charge in [-0.05, 0) is 59.7 Å². The zero-order chi connectivity index (χ0) is 29.8. The average molecular weight is 603 g/mol. The van der Waals surface area contributed by atoms with Crippen LogP contribution in [0.3, 0.4) is 0 Å². The molecule has 0 heterocycles. The van der Waals surface area contributed by atoms with E-state index < -0.39 is 34.5 Å². The van der Waals surface area contributed by atoms with E-state index in [-0.39, 0.29) is 17.9 Å². The van der Waals surface area contributed by atoms with Crippen molar-refractivity contribution in [1.29, 1.82) is 0 Å². The van der Waals surface area contributed by atoms with Crippen molar-refractivity contribution in [1.82, 2.24) is 9.62 Å². The maximum Gasteiger partial charge on any atom is 0.322 e. The topological polar surface area (TPSA) is 131 Å². The van der Waals surface area contributed by atoms with Crippen LogP contribution in [-0.2, 0) is 31.9 Å². The summed E-state index contributed by atoms with van der Waals surface area (Å²) in [5.41, 5.74) is 1.73. The summed E-state index contributed by atoms with van der Waals surface area (Å²) in [6, 6.07) is 18.9. The second-order valence-corrected chi connectivity index (χ2v) is 11.9. The van der Waals surface area contributed by atoms with E-state index >= 15 is 0 Å². The number of aliphatic carboxylic acids is 1. The number of hydrogen-bond acceptors (Lipinski definition) is 8. The first-order chi connectivity index (χ1) is 19.7. The Bertz CT molecular complexity index is 1380. The molecule has 3 rings (SSSR count). The highest BCUT2D eigenvalue weighted by Crippen LogP contribution is 2.25. The number of ether oxygens (including phenoxy) is 3. The molecule has 1 unspecified atom stereocenters. The number of nitrogens with zero attached hydrogens (tertiary/aromatic N) is 1. The highest BCUT2D eigenvalue weighted by atomic mass is 32.2. The minimum atomic E-state index is -4.37. The molecule has 1 amide bonds. The van der Waals surface area contributed by atoms with Gasteiger partial charge in [-0.2, -0.15) is 16.1 Å². The van der Waals surface area contributed by atoms with Crippen LogP contribution < -0.4 is 19.5 Å². The van der Waals surface area contributed by atoms with Gasteiger partial charge in [0.05, 0.1) is 32.8 Å².